The quantitative estimate of drug-likeness (QED) is 0.837. The van der Waals surface area contributed by atoms with Crippen LogP contribution in [-0.2, 0) is 9.53 Å². The number of rotatable bonds is 3. The normalized spacial score (nSPS) is 25.1. The van der Waals surface area contributed by atoms with E-state index in [1.54, 1.807) is 0 Å². The molecule has 0 spiro atoms. The van der Waals surface area contributed by atoms with Crippen LogP contribution in [0.4, 0.5) is 0 Å². The second kappa shape index (κ2) is 6.20. The molecule has 0 aromatic heterocycles. The first-order chi connectivity index (χ1) is 9.06. The highest BCUT2D eigenvalue weighted by Crippen LogP contribution is 2.21. The van der Waals surface area contributed by atoms with E-state index in [4.69, 9.17) is 4.74 Å². The third kappa shape index (κ3) is 3.80. The van der Waals surface area contributed by atoms with Gasteiger partial charge in [0.2, 0.25) is 5.91 Å². The van der Waals surface area contributed by atoms with Gasteiger partial charge in [0.1, 0.15) is 0 Å². The Morgan fingerprint density at radius 3 is 2.42 bits per heavy atom. The maximum atomic E-state index is 12.3. The van der Waals surface area contributed by atoms with Gasteiger partial charge in [0, 0.05) is 19.5 Å². The first-order valence-corrected chi connectivity index (χ1v) is 7.04. The lowest BCUT2D eigenvalue weighted by atomic mass is 9.97. The SMILES string of the molecule is C[C@@H]1CN(C(=O)C[C@@H](C)c2ccccc2)C[C@H](C)O1. The molecule has 3 atom stereocenters. The Morgan fingerprint density at radius 2 is 1.84 bits per heavy atom. The minimum atomic E-state index is 0.139. The van der Waals surface area contributed by atoms with Gasteiger partial charge in [0.25, 0.3) is 0 Å². The molecule has 0 saturated carbocycles. The minimum absolute atomic E-state index is 0.139. The van der Waals surface area contributed by atoms with Crippen LogP contribution in [0.25, 0.3) is 0 Å². The van der Waals surface area contributed by atoms with Crippen molar-refractivity contribution < 1.29 is 9.53 Å². The fourth-order valence-electron chi connectivity index (χ4n) is 2.67. The van der Waals surface area contributed by atoms with Gasteiger partial charge in [0.05, 0.1) is 12.2 Å². The Morgan fingerprint density at radius 1 is 1.26 bits per heavy atom. The molecular weight excluding hydrogens is 238 g/mol. The molecule has 1 aromatic carbocycles. The van der Waals surface area contributed by atoms with Crippen LogP contribution >= 0.6 is 0 Å². The molecule has 1 saturated heterocycles. The summed E-state index contributed by atoms with van der Waals surface area (Å²) in [6.45, 7) is 7.59. The molecule has 1 aromatic rings. The second-order valence-electron chi connectivity index (χ2n) is 5.57. The van der Waals surface area contributed by atoms with Crippen LogP contribution in [0.1, 0.15) is 38.7 Å². The van der Waals surface area contributed by atoms with E-state index in [-0.39, 0.29) is 24.0 Å². The molecule has 1 heterocycles. The van der Waals surface area contributed by atoms with Crippen molar-refractivity contribution in [1.82, 2.24) is 4.90 Å². The molecule has 1 amide bonds. The standard InChI is InChI=1S/C16H23NO2/c1-12(15-7-5-4-6-8-15)9-16(18)17-10-13(2)19-14(3)11-17/h4-8,12-14H,9-11H2,1-3H3/t12-,13-,14+/m1/s1. The van der Waals surface area contributed by atoms with E-state index in [2.05, 4.69) is 19.1 Å². The highest BCUT2D eigenvalue weighted by Gasteiger charge is 2.26. The smallest absolute Gasteiger partial charge is 0.223 e. The van der Waals surface area contributed by atoms with Crippen LogP contribution < -0.4 is 0 Å². The molecule has 1 aliphatic heterocycles. The molecule has 2 rings (SSSR count). The van der Waals surface area contributed by atoms with Crippen LogP contribution in [0, 0.1) is 0 Å². The van der Waals surface area contributed by atoms with Gasteiger partial charge >= 0.3 is 0 Å². The zero-order valence-electron chi connectivity index (χ0n) is 12.0. The zero-order valence-corrected chi connectivity index (χ0v) is 12.0. The number of benzene rings is 1. The maximum absolute atomic E-state index is 12.3. The topological polar surface area (TPSA) is 29.5 Å². The lowest BCUT2D eigenvalue weighted by molar-refractivity contribution is -0.143. The second-order valence-corrected chi connectivity index (χ2v) is 5.57. The van der Waals surface area contributed by atoms with Crippen LogP contribution in [0.2, 0.25) is 0 Å². The van der Waals surface area contributed by atoms with Gasteiger partial charge in [-0.25, -0.2) is 0 Å². The number of nitrogens with zero attached hydrogens (tertiary/aromatic N) is 1. The Labute approximate surface area is 115 Å². The van der Waals surface area contributed by atoms with Crippen LogP contribution in [0.5, 0.6) is 0 Å². The molecule has 19 heavy (non-hydrogen) atoms. The summed E-state index contributed by atoms with van der Waals surface area (Å²) in [5, 5.41) is 0. The van der Waals surface area contributed by atoms with Crippen molar-refractivity contribution in [3.8, 4) is 0 Å². The van der Waals surface area contributed by atoms with Crippen molar-refractivity contribution in [1.29, 1.82) is 0 Å². The molecule has 0 bridgehead atoms. The van der Waals surface area contributed by atoms with Gasteiger partial charge in [0.15, 0.2) is 0 Å². The van der Waals surface area contributed by atoms with Gasteiger partial charge in [-0.3, -0.25) is 4.79 Å². The molecule has 104 valence electrons. The van der Waals surface area contributed by atoms with Gasteiger partial charge in [-0.1, -0.05) is 37.3 Å². The van der Waals surface area contributed by atoms with E-state index in [0.29, 0.717) is 19.5 Å². The molecule has 0 radical (unpaired) electrons. The average Bonchev–Trinajstić information content (AvgIpc) is 2.38. The van der Waals surface area contributed by atoms with E-state index in [1.165, 1.54) is 5.56 Å². The Balaban J connectivity index is 1.93. The number of ether oxygens (including phenoxy) is 1. The number of carbonyl (C=O) groups excluding carboxylic acids is 1. The lowest BCUT2D eigenvalue weighted by Gasteiger charge is -2.35. The van der Waals surface area contributed by atoms with Crippen LogP contribution in [-0.4, -0.2) is 36.1 Å². The third-order valence-electron chi connectivity index (χ3n) is 3.62. The zero-order chi connectivity index (χ0) is 13.8. The van der Waals surface area contributed by atoms with E-state index in [0.717, 1.165) is 0 Å². The average molecular weight is 261 g/mol. The predicted molar refractivity (Wildman–Crippen MR) is 76.1 cm³/mol. The van der Waals surface area contributed by atoms with Crippen molar-refractivity contribution in [2.45, 2.75) is 45.3 Å². The summed E-state index contributed by atoms with van der Waals surface area (Å²) >= 11 is 0. The minimum Gasteiger partial charge on any atom is -0.372 e. The number of hydrogen-bond donors (Lipinski definition) is 0. The Kier molecular flexibility index (Phi) is 4.59. The van der Waals surface area contributed by atoms with Crippen LogP contribution in [0.3, 0.4) is 0 Å². The Hall–Kier alpha value is -1.35. The molecule has 3 nitrogen and oxygen atoms in total. The van der Waals surface area contributed by atoms with Crippen molar-refractivity contribution >= 4 is 5.91 Å². The lowest BCUT2D eigenvalue weighted by Crippen LogP contribution is -2.48. The summed E-state index contributed by atoms with van der Waals surface area (Å²) < 4.78 is 5.66. The van der Waals surface area contributed by atoms with E-state index in [9.17, 15) is 4.79 Å². The molecule has 1 aliphatic rings. The molecular formula is C16H23NO2. The number of hydrogen-bond acceptors (Lipinski definition) is 2. The monoisotopic (exact) mass is 261 g/mol. The predicted octanol–water partition coefficient (Wildman–Crippen LogP) is 2.82. The molecule has 0 unspecified atom stereocenters. The first kappa shape index (κ1) is 14.1. The number of carbonyl (C=O) groups is 1. The van der Waals surface area contributed by atoms with Crippen molar-refractivity contribution in [2.24, 2.45) is 0 Å². The number of amides is 1. The molecule has 0 N–H and O–H groups in total. The summed E-state index contributed by atoms with van der Waals surface area (Å²) in [7, 11) is 0. The third-order valence-corrected chi connectivity index (χ3v) is 3.62. The van der Waals surface area contributed by atoms with Gasteiger partial charge in [-0.05, 0) is 25.3 Å². The Bertz CT molecular complexity index is 408. The maximum Gasteiger partial charge on any atom is 0.223 e. The summed E-state index contributed by atoms with van der Waals surface area (Å²) in [4.78, 5) is 14.3. The summed E-state index contributed by atoms with van der Waals surface area (Å²) in [6, 6.07) is 10.2. The summed E-state index contributed by atoms with van der Waals surface area (Å²) in [5.41, 5.74) is 1.23. The van der Waals surface area contributed by atoms with Gasteiger partial charge in [-0.2, -0.15) is 0 Å². The fraction of sp³-hybridized carbons (Fsp3) is 0.562. The van der Waals surface area contributed by atoms with Crippen molar-refractivity contribution in [3.05, 3.63) is 35.9 Å². The molecule has 1 fully saturated rings. The molecule has 3 heteroatoms. The van der Waals surface area contributed by atoms with Crippen LogP contribution in [0.15, 0.2) is 30.3 Å². The summed E-state index contributed by atoms with van der Waals surface area (Å²) in [5.74, 6) is 0.500. The summed E-state index contributed by atoms with van der Waals surface area (Å²) in [6.07, 6.45) is 0.850. The molecule has 0 aliphatic carbocycles. The largest absolute Gasteiger partial charge is 0.372 e. The van der Waals surface area contributed by atoms with E-state index in [1.807, 2.05) is 36.9 Å². The van der Waals surface area contributed by atoms with Gasteiger partial charge < -0.3 is 9.64 Å². The highest BCUT2D eigenvalue weighted by molar-refractivity contribution is 5.77. The van der Waals surface area contributed by atoms with Crippen molar-refractivity contribution in [3.63, 3.8) is 0 Å². The first-order valence-electron chi connectivity index (χ1n) is 7.04. The van der Waals surface area contributed by atoms with E-state index >= 15 is 0 Å². The van der Waals surface area contributed by atoms with Gasteiger partial charge in [-0.15, -0.1) is 0 Å². The van der Waals surface area contributed by atoms with E-state index < -0.39 is 0 Å². The van der Waals surface area contributed by atoms with Crippen molar-refractivity contribution in [2.75, 3.05) is 13.1 Å². The number of morpholine rings is 1. The fourth-order valence-corrected chi connectivity index (χ4v) is 2.67. The highest BCUT2D eigenvalue weighted by atomic mass is 16.5.